The third-order valence-corrected chi connectivity index (χ3v) is 3.45. The molecule has 8 nitrogen and oxygen atoms in total. The lowest BCUT2D eigenvalue weighted by molar-refractivity contribution is -0.384. The average Bonchev–Trinajstić information content (AvgIpc) is 2.64. The Kier molecular flexibility index (Phi) is 6.26. The number of likely N-dealkylation sites (N-methyl/N-ethyl adjacent to an activating group) is 1. The molecular formula is C18H18N2O6. The van der Waals surface area contributed by atoms with Crippen molar-refractivity contribution in [2.45, 2.75) is 6.61 Å². The first-order valence-corrected chi connectivity index (χ1v) is 7.70. The second-order valence-electron chi connectivity index (χ2n) is 5.60. The Bertz CT molecular complexity index is 802. The Morgan fingerprint density at radius 2 is 1.81 bits per heavy atom. The SMILES string of the molecule is CN(C)C(=O)COc1cccc(C(=O)OCc2ccc([N+](=O)[O-])cc2)c1. The molecule has 0 aromatic heterocycles. The molecule has 2 aromatic carbocycles. The number of rotatable bonds is 7. The topological polar surface area (TPSA) is 99.0 Å². The van der Waals surface area contributed by atoms with Crippen molar-refractivity contribution in [3.05, 3.63) is 69.8 Å². The zero-order valence-electron chi connectivity index (χ0n) is 14.4. The largest absolute Gasteiger partial charge is 0.484 e. The van der Waals surface area contributed by atoms with Crippen LogP contribution in [-0.2, 0) is 16.1 Å². The molecule has 2 aromatic rings. The van der Waals surface area contributed by atoms with Crippen molar-refractivity contribution in [3.63, 3.8) is 0 Å². The lowest BCUT2D eigenvalue weighted by Gasteiger charge is -2.12. The number of benzene rings is 2. The first-order valence-electron chi connectivity index (χ1n) is 7.70. The Morgan fingerprint density at radius 1 is 1.12 bits per heavy atom. The summed E-state index contributed by atoms with van der Waals surface area (Å²) < 4.78 is 10.5. The molecule has 0 radical (unpaired) electrons. The molecule has 0 unspecified atom stereocenters. The van der Waals surface area contributed by atoms with Crippen LogP contribution in [0.4, 0.5) is 5.69 Å². The summed E-state index contributed by atoms with van der Waals surface area (Å²) in [6.45, 7) is -0.144. The van der Waals surface area contributed by atoms with E-state index in [2.05, 4.69) is 0 Å². The van der Waals surface area contributed by atoms with Crippen molar-refractivity contribution in [1.29, 1.82) is 0 Å². The van der Waals surface area contributed by atoms with Gasteiger partial charge >= 0.3 is 5.97 Å². The summed E-state index contributed by atoms with van der Waals surface area (Å²) in [5.41, 5.74) is 0.881. The number of nitrogens with zero attached hydrogens (tertiary/aromatic N) is 2. The smallest absolute Gasteiger partial charge is 0.338 e. The second-order valence-corrected chi connectivity index (χ2v) is 5.60. The lowest BCUT2D eigenvalue weighted by atomic mass is 10.2. The number of esters is 1. The van der Waals surface area contributed by atoms with Gasteiger partial charge < -0.3 is 14.4 Å². The standard InChI is InChI=1S/C18H18N2O6/c1-19(2)17(21)12-25-16-5-3-4-14(10-16)18(22)26-11-13-6-8-15(9-7-13)20(23)24/h3-10H,11-12H2,1-2H3. The quantitative estimate of drug-likeness (QED) is 0.428. The van der Waals surface area contributed by atoms with E-state index < -0.39 is 10.9 Å². The minimum absolute atomic E-state index is 0.0129. The third kappa shape index (κ3) is 5.30. The highest BCUT2D eigenvalue weighted by atomic mass is 16.6. The van der Waals surface area contributed by atoms with Crippen LogP contribution in [0.2, 0.25) is 0 Å². The Hall–Kier alpha value is -3.42. The molecule has 0 atom stereocenters. The summed E-state index contributed by atoms with van der Waals surface area (Å²) in [7, 11) is 3.25. The Balaban J connectivity index is 1.93. The second kappa shape index (κ2) is 8.61. The molecule has 0 aliphatic carbocycles. The summed E-state index contributed by atoms with van der Waals surface area (Å²) in [5, 5.41) is 10.6. The van der Waals surface area contributed by atoms with Crippen LogP contribution in [-0.4, -0.2) is 42.4 Å². The highest BCUT2D eigenvalue weighted by molar-refractivity contribution is 5.89. The summed E-state index contributed by atoms with van der Waals surface area (Å²) >= 11 is 0. The fraction of sp³-hybridized carbons (Fsp3) is 0.222. The normalized spacial score (nSPS) is 10.1. The molecule has 0 aliphatic rings. The Morgan fingerprint density at radius 3 is 2.42 bits per heavy atom. The van der Waals surface area contributed by atoms with Crippen molar-refractivity contribution >= 4 is 17.6 Å². The highest BCUT2D eigenvalue weighted by Gasteiger charge is 2.11. The van der Waals surface area contributed by atoms with Crippen LogP contribution in [0.5, 0.6) is 5.75 Å². The molecule has 0 aliphatic heterocycles. The van der Waals surface area contributed by atoms with Crippen molar-refractivity contribution in [3.8, 4) is 5.75 Å². The monoisotopic (exact) mass is 358 g/mol. The summed E-state index contributed by atoms with van der Waals surface area (Å²) in [6, 6.07) is 12.1. The lowest BCUT2D eigenvalue weighted by Crippen LogP contribution is -2.27. The van der Waals surface area contributed by atoms with E-state index in [1.807, 2.05) is 0 Å². The van der Waals surface area contributed by atoms with E-state index >= 15 is 0 Å². The van der Waals surface area contributed by atoms with Crippen LogP contribution in [0.3, 0.4) is 0 Å². The number of carbonyl (C=O) groups is 2. The van der Waals surface area contributed by atoms with Gasteiger partial charge in [-0.3, -0.25) is 14.9 Å². The van der Waals surface area contributed by atoms with Crippen LogP contribution in [0.15, 0.2) is 48.5 Å². The van der Waals surface area contributed by atoms with E-state index in [9.17, 15) is 19.7 Å². The molecular weight excluding hydrogens is 340 g/mol. The van der Waals surface area contributed by atoms with Gasteiger partial charge in [-0.15, -0.1) is 0 Å². The van der Waals surface area contributed by atoms with Crippen LogP contribution >= 0.6 is 0 Å². The minimum Gasteiger partial charge on any atom is -0.484 e. The molecule has 0 heterocycles. The molecule has 0 fully saturated rings. The molecule has 136 valence electrons. The summed E-state index contributed by atoms with van der Waals surface area (Å²) in [6.07, 6.45) is 0. The van der Waals surface area contributed by atoms with E-state index in [4.69, 9.17) is 9.47 Å². The van der Waals surface area contributed by atoms with Gasteiger partial charge in [0.25, 0.3) is 11.6 Å². The van der Waals surface area contributed by atoms with Crippen molar-refractivity contribution < 1.29 is 24.0 Å². The number of carbonyl (C=O) groups excluding carboxylic acids is 2. The zero-order valence-corrected chi connectivity index (χ0v) is 14.4. The van der Waals surface area contributed by atoms with Crippen LogP contribution in [0.1, 0.15) is 15.9 Å². The molecule has 0 bridgehead atoms. The van der Waals surface area contributed by atoms with Crippen LogP contribution < -0.4 is 4.74 Å². The van der Waals surface area contributed by atoms with E-state index in [0.717, 1.165) is 0 Å². The van der Waals surface area contributed by atoms with Crippen molar-refractivity contribution in [1.82, 2.24) is 4.90 Å². The maximum absolute atomic E-state index is 12.1. The number of ether oxygens (including phenoxy) is 2. The number of nitro groups is 1. The molecule has 1 amide bonds. The van der Waals surface area contributed by atoms with E-state index in [1.165, 1.54) is 35.2 Å². The first kappa shape index (κ1) is 18.9. The predicted octanol–water partition coefficient (Wildman–Crippen LogP) is 2.42. The van der Waals surface area contributed by atoms with Gasteiger partial charge in [-0.25, -0.2) is 4.79 Å². The van der Waals surface area contributed by atoms with E-state index in [1.54, 1.807) is 32.3 Å². The maximum Gasteiger partial charge on any atom is 0.338 e. The molecule has 26 heavy (non-hydrogen) atoms. The minimum atomic E-state index is -0.562. The van der Waals surface area contributed by atoms with Crippen molar-refractivity contribution in [2.75, 3.05) is 20.7 Å². The fourth-order valence-electron chi connectivity index (χ4n) is 1.93. The van der Waals surface area contributed by atoms with Gasteiger partial charge in [-0.1, -0.05) is 6.07 Å². The van der Waals surface area contributed by atoms with Crippen molar-refractivity contribution in [2.24, 2.45) is 0 Å². The predicted molar refractivity (Wildman–Crippen MR) is 92.8 cm³/mol. The zero-order chi connectivity index (χ0) is 19.1. The van der Waals surface area contributed by atoms with Gasteiger partial charge in [-0.2, -0.15) is 0 Å². The molecule has 8 heteroatoms. The summed E-state index contributed by atoms with van der Waals surface area (Å²) in [5.74, 6) is -0.381. The molecule has 2 rings (SSSR count). The number of amides is 1. The van der Waals surface area contributed by atoms with Crippen LogP contribution in [0, 0.1) is 10.1 Å². The van der Waals surface area contributed by atoms with Gasteiger partial charge in [0.05, 0.1) is 10.5 Å². The molecule has 0 saturated carbocycles. The number of non-ortho nitro benzene ring substituents is 1. The molecule has 0 spiro atoms. The van der Waals surface area contributed by atoms with Gasteiger partial charge in [0.2, 0.25) is 0 Å². The number of hydrogen-bond donors (Lipinski definition) is 0. The molecule has 0 N–H and O–H groups in total. The summed E-state index contributed by atoms with van der Waals surface area (Å²) in [4.78, 5) is 35.2. The Labute approximate surface area is 150 Å². The maximum atomic E-state index is 12.1. The van der Waals surface area contributed by atoms with E-state index in [0.29, 0.717) is 11.3 Å². The van der Waals surface area contributed by atoms with Gasteiger partial charge in [-0.05, 0) is 35.9 Å². The third-order valence-electron chi connectivity index (χ3n) is 3.45. The van der Waals surface area contributed by atoms with Gasteiger partial charge in [0.1, 0.15) is 12.4 Å². The van der Waals surface area contributed by atoms with Gasteiger partial charge in [0.15, 0.2) is 6.61 Å². The van der Waals surface area contributed by atoms with E-state index in [-0.39, 0.29) is 30.4 Å². The number of nitro benzene ring substituents is 1. The number of hydrogen-bond acceptors (Lipinski definition) is 6. The molecule has 0 saturated heterocycles. The fourth-order valence-corrected chi connectivity index (χ4v) is 1.93. The first-order chi connectivity index (χ1) is 12.4. The van der Waals surface area contributed by atoms with Gasteiger partial charge in [0, 0.05) is 26.2 Å². The average molecular weight is 358 g/mol. The highest BCUT2D eigenvalue weighted by Crippen LogP contribution is 2.16. The van der Waals surface area contributed by atoms with Crippen LogP contribution in [0.25, 0.3) is 0 Å².